The molecule has 0 aromatic heterocycles. The molecule has 0 heterocycles. The van der Waals surface area contributed by atoms with E-state index in [1.165, 1.54) is 56.7 Å². The molecule has 0 saturated heterocycles. The number of hydrogen-bond acceptors (Lipinski definition) is 5. The fourth-order valence-corrected chi connectivity index (χ4v) is 3.67. The van der Waals surface area contributed by atoms with Crippen LogP contribution in [0.4, 0.5) is 0 Å². The predicted molar refractivity (Wildman–Crippen MR) is 96.8 cm³/mol. The molecule has 0 unspecified atom stereocenters. The maximum absolute atomic E-state index is 12.6. The molecule has 0 fully saturated rings. The van der Waals surface area contributed by atoms with Crippen molar-refractivity contribution in [3.63, 3.8) is 0 Å². The number of benzene rings is 2. The van der Waals surface area contributed by atoms with Crippen molar-refractivity contribution in [1.82, 2.24) is 0 Å². The van der Waals surface area contributed by atoms with Crippen molar-refractivity contribution >= 4 is 39.1 Å². The minimum Gasteiger partial charge on any atom is -0.493 e. The Labute approximate surface area is 155 Å². The molecule has 0 atom stereocenters. The third-order valence-corrected chi connectivity index (χ3v) is 5.49. The van der Waals surface area contributed by atoms with Gasteiger partial charge in [-0.15, -0.1) is 0 Å². The lowest BCUT2D eigenvalue weighted by atomic mass is 10.2. The van der Waals surface area contributed by atoms with Crippen molar-refractivity contribution in [3.8, 4) is 17.6 Å². The molecule has 8 heteroatoms. The number of nitrogens with zero attached hydrogens (tertiary/aromatic N) is 1. The van der Waals surface area contributed by atoms with Crippen molar-refractivity contribution in [3.05, 3.63) is 56.9 Å². The van der Waals surface area contributed by atoms with E-state index >= 15 is 0 Å². The first-order chi connectivity index (χ1) is 11.8. The molecule has 0 aliphatic heterocycles. The third-order valence-electron chi connectivity index (χ3n) is 3.28. The fourth-order valence-electron chi connectivity index (χ4n) is 2.08. The van der Waals surface area contributed by atoms with Gasteiger partial charge in [-0.25, -0.2) is 8.42 Å². The molecule has 2 aromatic carbocycles. The molecule has 2 aromatic rings. The Hall–Kier alpha value is -2.20. The second-order valence-corrected chi connectivity index (χ2v) is 7.58. The monoisotopic (exact) mass is 397 g/mol. The van der Waals surface area contributed by atoms with Crippen molar-refractivity contribution in [2.24, 2.45) is 0 Å². The standard InChI is InChI=1S/C17H13Cl2NO4S/c1-23-16-9-11(8-15(19)17(16)24-2)7-14(10-20)25(21,22)13-5-3-12(18)4-6-13/h3-9H,1-2H3. The zero-order valence-corrected chi connectivity index (χ0v) is 15.6. The average molecular weight is 398 g/mol. The van der Waals surface area contributed by atoms with Crippen LogP contribution in [0.2, 0.25) is 10.0 Å². The molecule has 130 valence electrons. The number of sulfone groups is 1. The Kier molecular flexibility index (Phi) is 5.96. The van der Waals surface area contributed by atoms with E-state index in [1.54, 1.807) is 6.07 Å². The molecule has 25 heavy (non-hydrogen) atoms. The van der Waals surface area contributed by atoms with Gasteiger partial charge in [-0.2, -0.15) is 5.26 Å². The first kappa shape index (κ1) is 19.1. The topological polar surface area (TPSA) is 76.4 Å². The van der Waals surface area contributed by atoms with Gasteiger partial charge in [0.2, 0.25) is 9.84 Å². The number of nitriles is 1. The maximum Gasteiger partial charge on any atom is 0.216 e. The lowest BCUT2D eigenvalue weighted by molar-refractivity contribution is 0.355. The van der Waals surface area contributed by atoms with E-state index in [0.29, 0.717) is 22.1 Å². The number of ether oxygens (including phenoxy) is 2. The summed E-state index contributed by atoms with van der Waals surface area (Å²) < 4.78 is 35.5. The minimum atomic E-state index is -3.99. The highest BCUT2D eigenvalue weighted by atomic mass is 35.5. The zero-order valence-electron chi connectivity index (χ0n) is 13.3. The lowest BCUT2D eigenvalue weighted by Gasteiger charge is -2.10. The van der Waals surface area contributed by atoms with Gasteiger partial charge < -0.3 is 9.47 Å². The van der Waals surface area contributed by atoms with Gasteiger partial charge in [-0.1, -0.05) is 23.2 Å². The van der Waals surface area contributed by atoms with Crippen LogP contribution in [0.5, 0.6) is 11.5 Å². The van der Waals surface area contributed by atoms with E-state index in [2.05, 4.69) is 0 Å². The van der Waals surface area contributed by atoms with Crippen LogP contribution in [0.1, 0.15) is 5.56 Å². The van der Waals surface area contributed by atoms with Crippen LogP contribution in [0, 0.1) is 11.3 Å². The van der Waals surface area contributed by atoms with E-state index in [9.17, 15) is 13.7 Å². The third kappa shape index (κ3) is 4.07. The summed E-state index contributed by atoms with van der Waals surface area (Å²) in [6.45, 7) is 0. The molecule has 0 N–H and O–H groups in total. The number of allylic oxidation sites excluding steroid dienone is 1. The Balaban J connectivity index is 2.56. The van der Waals surface area contributed by atoms with Crippen LogP contribution in [0.3, 0.4) is 0 Å². The Morgan fingerprint density at radius 3 is 2.28 bits per heavy atom. The van der Waals surface area contributed by atoms with Gasteiger partial charge in [0.15, 0.2) is 11.5 Å². The summed E-state index contributed by atoms with van der Waals surface area (Å²) in [5.74, 6) is 0.641. The van der Waals surface area contributed by atoms with Crippen molar-refractivity contribution in [2.45, 2.75) is 4.90 Å². The second kappa shape index (κ2) is 7.79. The number of hydrogen-bond donors (Lipinski definition) is 0. The first-order valence-corrected chi connectivity index (χ1v) is 9.11. The largest absolute Gasteiger partial charge is 0.493 e. The molecule has 0 saturated carbocycles. The molecular weight excluding hydrogens is 385 g/mol. The van der Waals surface area contributed by atoms with Gasteiger partial charge in [0.1, 0.15) is 11.0 Å². The molecule has 0 radical (unpaired) electrons. The van der Waals surface area contributed by atoms with Gasteiger partial charge in [0.25, 0.3) is 0 Å². The molecule has 0 amide bonds. The van der Waals surface area contributed by atoms with Crippen molar-refractivity contribution < 1.29 is 17.9 Å². The number of methoxy groups -OCH3 is 2. The van der Waals surface area contributed by atoms with E-state index in [4.69, 9.17) is 32.7 Å². The van der Waals surface area contributed by atoms with Crippen LogP contribution in [0.25, 0.3) is 6.08 Å². The lowest BCUT2D eigenvalue weighted by Crippen LogP contribution is -2.03. The van der Waals surface area contributed by atoms with Gasteiger partial charge in [-0.3, -0.25) is 0 Å². The van der Waals surface area contributed by atoms with Crippen molar-refractivity contribution in [1.29, 1.82) is 5.26 Å². The van der Waals surface area contributed by atoms with Crippen LogP contribution in [0.15, 0.2) is 46.2 Å². The van der Waals surface area contributed by atoms with Crippen molar-refractivity contribution in [2.75, 3.05) is 14.2 Å². The highest BCUT2D eigenvalue weighted by Crippen LogP contribution is 2.37. The fraction of sp³-hybridized carbons (Fsp3) is 0.118. The Bertz CT molecular complexity index is 961. The minimum absolute atomic E-state index is 0.0312. The average Bonchev–Trinajstić information content (AvgIpc) is 2.59. The van der Waals surface area contributed by atoms with Gasteiger partial charge in [-0.05, 0) is 48.0 Å². The summed E-state index contributed by atoms with van der Waals surface area (Å²) in [6, 6.07) is 10.3. The van der Waals surface area contributed by atoms with Gasteiger partial charge >= 0.3 is 0 Å². The molecular formula is C17H13Cl2NO4S. The van der Waals surface area contributed by atoms with Gasteiger partial charge in [0.05, 0.1) is 24.1 Å². The molecule has 0 aliphatic rings. The van der Waals surface area contributed by atoms with E-state index in [0.717, 1.165) is 0 Å². The zero-order chi connectivity index (χ0) is 18.6. The van der Waals surface area contributed by atoms with Crippen LogP contribution in [-0.4, -0.2) is 22.6 Å². The highest BCUT2D eigenvalue weighted by molar-refractivity contribution is 7.95. The van der Waals surface area contributed by atoms with E-state index < -0.39 is 14.7 Å². The summed E-state index contributed by atoms with van der Waals surface area (Å²) in [5.41, 5.74) is 0.386. The normalized spacial score (nSPS) is 11.7. The van der Waals surface area contributed by atoms with Crippen LogP contribution >= 0.6 is 23.2 Å². The van der Waals surface area contributed by atoms with Crippen LogP contribution < -0.4 is 9.47 Å². The first-order valence-electron chi connectivity index (χ1n) is 6.87. The summed E-state index contributed by atoms with van der Waals surface area (Å²) in [5, 5.41) is 9.95. The number of rotatable bonds is 5. The summed E-state index contributed by atoms with van der Waals surface area (Å²) >= 11 is 11.9. The summed E-state index contributed by atoms with van der Waals surface area (Å²) in [6.07, 6.45) is 1.22. The Morgan fingerprint density at radius 2 is 1.76 bits per heavy atom. The molecule has 0 aliphatic carbocycles. The summed E-state index contributed by atoms with van der Waals surface area (Å²) in [7, 11) is -1.12. The van der Waals surface area contributed by atoms with Crippen LogP contribution in [-0.2, 0) is 9.84 Å². The second-order valence-electron chi connectivity index (χ2n) is 4.82. The van der Waals surface area contributed by atoms with Gasteiger partial charge in [0, 0.05) is 5.02 Å². The summed E-state index contributed by atoms with van der Waals surface area (Å²) in [4.78, 5) is -0.464. The molecule has 5 nitrogen and oxygen atoms in total. The van der Waals surface area contributed by atoms with E-state index in [-0.39, 0.29) is 9.92 Å². The molecule has 0 spiro atoms. The predicted octanol–water partition coefficient (Wildman–Crippen LogP) is 4.35. The number of halogens is 2. The SMILES string of the molecule is COc1cc(C=C(C#N)S(=O)(=O)c2ccc(Cl)cc2)cc(Cl)c1OC. The quantitative estimate of drug-likeness (QED) is 0.700. The smallest absolute Gasteiger partial charge is 0.216 e. The molecule has 0 bridgehead atoms. The highest BCUT2D eigenvalue weighted by Gasteiger charge is 2.21. The molecule has 2 rings (SSSR count). The Morgan fingerprint density at radius 1 is 1.12 bits per heavy atom. The maximum atomic E-state index is 12.6. The van der Waals surface area contributed by atoms with E-state index in [1.807, 2.05) is 0 Å².